The van der Waals surface area contributed by atoms with Gasteiger partial charge in [-0.15, -0.1) is 0 Å². The summed E-state index contributed by atoms with van der Waals surface area (Å²) in [6, 6.07) is 17.7. The van der Waals surface area contributed by atoms with Crippen molar-refractivity contribution in [2.75, 3.05) is 25.9 Å². The summed E-state index contributed by atoms with van der Waals surface area (Å²) in [5.41, 5.74) is 4.69. The Labute approximate surface area is 210 Å². The van der Waals surface area contributed by atoms with Crippen molar-refractivity contribution in [1.29, 1.82) is 0 Å². The van der Waals surface area contributed by atoms with Crippen molar-refractivity contribution < 1.29 is 4.39 Å². The Bertz CT molecular complexity index is 1010. The predicted molar refractivity (Wildman–Crippen MR) is 146 cm³/mol. The molecule has 0 spiro atoms. The number of hydrogen-bond acceptors (Lipinski definition) is 3. The van der Waals surface area contributed by atoms with Gasteiger partial charge in [-0.25, -0.2) is 4.39 Å². The van der Waals surface area contributed by atoms with Gasteiger partial charge in [-0.3, -0.25) is 9.30 Å². The second-order valence-corrected chi connectivity index (χ2v) is 12.7. The molecule has 0 saturated carbocycles. The van der Waals surface area contributed by atoms with Crippen LogP contribution in [0, 0.1) is 16.7 Å². The molecule has 0 N–H and O–H groups in total. The molecule has 34 heavy (non-hydrogen) atoms. The number of rotatable bonds is 7. The highest BCUT2D eigenvalue weighted by atomic mass is 32.2. The first-order valence-electron chi connectivity index (χ1n) is 12.7. The molecular weight excluding hydrogens is 439 g/mol. The Morgan fingerprint density at radius 3 is 2.24 bits per heavy atom. The van der Waals surface area contributed by atoms with Gasteiger partial charge in [-0.1, -0.05) is 81.3 Å². The van der Waals surface area contributed by atoms with Gasteiger partial charge >= 0.3 is 0 Å². The lowest BCUT2D eigenvalue weighted by Gasteiger charge is -2.40. The summed E-state index contributed by atoms with van der Waals surface area (Å²) in [4.78, 5) is 4.71. The minimum atomic E-state index is -1.24. The van der Waals surface area contributed by atoms with E-state index in [4.69, 9.17) is 4.99 Å². The minimum Gasteiger partial charge on any atom is -0.288 e. The molecule has 1 saturated heterocycles. The summed E-state index contributed by atoms with van der Waals surface area (Å²) in [6.07, 6.45) is 6.56. The second-order valence-electron chi connectivity index (χ2n) is 11.8. The van der Waals surface area contributed by atoms with Crippen molar-refractivity contribution in [3.8, 4) is 11.1 Å². The molecule has 0 radical (unpaired) electrons. The molecule has 0 aliphatic carbocycles. The van der Waals surface area contributed by atoms with Crippen LogP contribution in [0.5, 0.6) is 0 Å². The van der Waals surface area contributed by atoms with Crippen molar-refractivity contribution in [3.63, 3.8) is 0 Å². The number of piperidine rings is 1. The van der Waals surface area contributed by atoms with Crippen LogP contribution in [0.3, 0.4) is 0 Å². The molecule has 2 heterocycles. The van der Waals surface area contributed by atoms with E-state index < -0.39 is 11.1 Å². The molecule has 2 aliphatic heterocycles. The standard InChI is InChI=1S/C30H41FN2S/c1-28(2,26-14-16-33(34-6)17-15-26)19-22-8-7-9-25(18-22)23-10-12-24(13-11-23)27-20-30(5,21-32-27)29(3,4)31/h7-13,18,26H,14-17,19-21H2,1-6H3. The summed E-state index contributed by atoms with van der Waals surface area (Å²) in [5.74, 6) is 0.769. The lowest BCUT2D eigenvalue weighted by molar-refractivity contribution is 0.0569. The third kappa shape index (κ3) is 5.44. The molecule has 0 bridgehead atoms. The maximum absolute atomic E-state index is 14.7. The first-order chi connectivity index (χ1) is 16.0. The van der Waals surface area contributed by atoms with Gasteiger partial charge in [0.2, 0.25) is 0 Å². The number of alkyl halides is 1. The van der Waals surface area contributed by atoms with E-state index in [1.165, 1.54) is 42.6 Å². The van der Waals surface area contributed by atoms with Crippen LogP contribution in [-0.4, -0.2) is 41.6 Å². The zero-order valence-electron chi connectivity index (χ0n) is 21.8. The SMILES string of the molecule is CSN1CCC(C(C)(C)Cc2cccc(-c3ccc(C4=NCC(C)(C(C)(C)F)C4)cc3)c2)CC1. The lowest BCUT2D eigenvalue weighted by atomic mass is 9.70. The number of nitrogens with zero attached hydrogens (tertiary/aromatic N) is 2. The Morgan fingerprint density at radius 2 is 1.65 bits per heavy atom. The Kier molecular flexibility index (Phi) is 7.32. The third-order valence-corrected chi connectivity index (χ3v) is 9.45. The van der Waals surface area contributed by atoms with Gasteiger partial charge in [0.25, 0.3) is 0 Å². The van der Waals surface area contributed by atoms with Crippen molar-refractivity contribution >= 4 is 17.7 Å². The van der Waals surface area contributed by atoms with Gasteiger partial charge < -0.3 is 0 Å². The van der Waals surface area contributed by atoms with Gasteiger partial charge in [0, 0.05) is 30.8 Å². The highest BCUT2D eigenvalue weighted by Crippen LogP contribution is 2.43. The lowest BCUT2D eigenvalue weighted by Crippen LogP contribution is -2.38. The van der Waals surface area contributed by atoms with Crippen LogP contribution in [0.15, 0.2) is 53.5 Å². The van der Waals surface area contributed by atoms with Crippen LogP contribution >= 0.6 is 11.9 Å². The van der Waals surface area contributed by atoms with Crippen LogP contribution in [0.2, 0.25) is 0 Å². The quantitative estimate of drug-likeness (QED) is 0.375. The zero-order chi connectivity index (χ0) is 24.6. The maximum atomic E-state index is 14.7. The van der Waals surface area contributed by atoms with E-state index >= 15 is 0 Å². The van der Waals surface area contributed by atoms with E-state index in [9.17, 15) is 4.39 Å². The van der Waals surface area contributed by atoms with Crippen molar-refractivity contribution in [2.24, 2.45) is 21.7 Å². The van der Waals surface area contributed by atoms with Crippen LogP contribution in [0.25, 0.3) is 11.1 Å². The number of aliphatic imine (C=N–C) groups is 1. The molecule has 2 nitrogen and oxygen atoms in total. The van der Waals surface area contributed by atoms with Gasteiger partial charge in [0.05, 0.1) is 0 Å². The Morgan fingerprint density at radius 1 is 1.00 bits per heavy atom. The van der Waals surface area contributed by atoms with E-state index in [2.05, 4.69) is 72.9 Å². The average Bonchev–Trinajstić information content (AvgIpc) is 3.23. The number of hydrogen-bond donors (Lipinski definition) is 0. The fourth-order valence-electron chi connectivity index (χ4n) is 5.55. The molecule has 2 aromatic carbocycles. The van der Waals surface area contributed by atoms with Gasteiger partial charge in [-0.2, -0.15) is 0 Å². The van der Waals surface area contributed by atoms with Crippen LogP contribution in [0.4, 0.5) is 4.39 Å². The molecule has 0 aromatic heterocycles. The predicted octanol–water partition coefficient (Wildman–Crippen LogP) is 7.86. The highest BCUT2D eigenvalue weighted by molar-refractivity contribution is 7.96. The second kappa shape index (κ2) is 9.78. The van der Waals surface area contributed by atoms with Crippen LogP contribution in [-0.2, 0) is 6.42 Å². The van der Waals surface area contributed by atoms with E-state index in [-0.39, 0.29) is 0 Å². The van der Waals surface area contributed by atoms with E-state index in [1.54, 1.807) is 13.8 Å². The van der Waals surface area contributed by atoms with Gasteiger partial charge in [0.1, 0.15) is 5.67 Å². The summed E-state index contributed by atoms with van der Waals surface area (Å²) in [6.45, 7) is 13.2. The molecule has 1 unspecified atom stereocenters. The summed E-state index contributed by atoms with van der Waals surface area (Å²) in [7, 11) is 0. The largest absolute Gasteiger partial charge is 0.288 e. The summed E-state index contributed by atoms with van der Waals surface area (Å²) < 4.78 is 17.2. The molecule has 1 fully saturated rings. The monoisotopic (exact) mass is 480 g/mol. The van der Waals surface area contributed by atoms with Crippen molar-refractivity contribution in [2.45, 2.75) is 66.0 Å². The Hall–Kier alpha value is -1.65. The highest BCUT2D eigenvalue weighted by Gasteiger charge is 2.45. The molecule has 2 aliphatic rings. The first-order valence-corrected chi connectivity index (χ1v) is 13.9. The van der Waals surface area contributed by atoms with E-state index in [0.717, 1.165) is 23.6 Å². The number of benzene rings is 2. The normalized spacial score (nSPS) is 22.7. The zero-order valence-corrected chi connectivity index (χ0v) is 22.6. The molecule has 0 amide bonds. The van der Waals surface area contributed by atoms with Gasteiger partial charge in [-0.05, 0) is 79.4 Å². The molecular formula is C30H41FN2S. The van der Waals surface area contributed by atoms with Gasteiger partial charge in [0.15, 0.2) is 0 Å². The fraction of sp³-hybridized carbons (Fsp3) is 0.567. The molecule has 4 rings (SSSR count). The molecule has 2 aromatic rings. The number of halogens is 1. The molecule has 4 heteroatoms. The van der Waals surface area contributed by atoms with Crippen molar-refractivity contribution in [1.82, 2.24) is 4.31 Å². The molecule has 184 valence electrons. The van der Waals surface area contributed by atoms with E-state index in [1.807, 2.05) is 18.9 Å². The topological polar surface area (TPSA) is 15.6 Å². The fourth-order valence-corrected chi connectivity index (χ4v) is 6.12. The maximum Gasteiger partial charge on any atom is 0.113 e. The van der Waals surface area contributed by atoms with E-state index in [0.29, 0.717) is 18.4 Å². The van der Waals surface area contributed by atoms with Crippen LogP contribution in [0.1, 0.15) is 65.0 Å². The smallest absolute Gasteiger partial charge is 0.113 e. The molecule has 1 atom stereocenters. The Balaban J connectivity index is 1.44. The van der Waals surface area contributed by atoms with Crippen molar-refractivity contribution in [3.05, 3.63) is 59.7 Å². The first kappa shape index (κ1) is 25.4. The summed E-state index contributed by atoms with van der Waals surface area (Å²) in [5, 5.41) is 0. The third-order valence-electron chi connectivity index (χ3n) is 8.57. The minimum absolute atomic E-state index is 0.296. The summed E-state index contributed by atoms with van der Waals surface area (Å²) >= 11 is 1.88. The average molecular weight is 481 g/mol. The van der Waals surface area contributed by atoms with Crippen LogP contribution < -0.4 is 0 Å².